The van der Waals surface area contributed by atoms with E-state index in [0.29, 0.717) is 19.0 Å². The Balaban J connectivity index is 1.42. The molecule has 1 saturated heterocycles. The van der Waals surface area contributed by atoms with Crippen LogP contribution in [-0.4, -0.2) is 40.8 Å². The zero-order chi connectivity index (χ0) is 18.8. The first kappa shape index (κ1) is 17.3. The Morgan fingerprint density at radius 3 is 2.89 bits per heavy atom. The van der Waals surface area contributed by atoms with Gasteiger partial charge in [0, 0.05) is 13.1 Å². The van der Waals surface area contributed by atoms with Crippen molar-refractivity contribution in [2.24, 2.45) is 0 Å². The molecule has 0 bridgehead atoms. The lowest BCUT2D eigenvalue weighted by atomic mass is 9.97. The van der Waals surface area contributed by atoms with E-state index >= 15 is 0 Å². The predicted molar refractivity (Wildman–Crippen MR) is 98.2 cm³/mol. The van der Waals surface area contributed by atoms with Crippen molar-refractivity contribution < 1.29 is 18.4 Å². The first-order chi connectivity index (χ1) is 13.1. The van der Waals surface area contributed by atoms with Crippen molar-refractivity contribution >= 4 is 22.9 Å². The number of likely N-dealkylation sites (tertiary alicyclic amines) is 1. The Hall–Kier alpha value is -3.09. The lowest BCUT2D eigenvalue weighted by molar-refractivity contribution is -0.134. The second-order valence-corrected chi connectivity index (χ2v) is 6.82. The number of rotatable bonds is 4. The second-order valence-electron chi connectivity index (χ2n) is 6.82. The van der Waals surface area contributed by atoms with Crippen molar-refractivity contribution in [1.29, 1.82) is 0 Å². The molecule has 7 nitrogen and oxygen atoms in total. The molecule has 2 amide bonds. The molecule has 27 heavy (non-hydrogen) atoms. The van der Waals surface area contributed by atoms with E-state index in [1.165, 1.54) is 6.26 Å². The maximum atomic E-state index is 12.8. The van der Waals surface area contributed by atoms with Crippen LogP contribution in [0.5, 0.6) is 0 Å². The van der Waals surface area contributed by atoms with E-state index < -0.39 is 11.9 Å². The molecule has 3 heterocycles. The summed E-state index contributed by atoms with van der Waals surface area (Å²) in [6.45, 7) is 2.88. The smallest absolute Gasteiger partial charge is 0.287 e. The summed E-state index contributed by atoms with van der Waals surface area (Å²) in [4.78, 5) is 31.2. The SMILES string of the molecule is C[C@H](NC(=O)c1ccco1)C(=O)N1CCC[C@@H](c2nc3ccccc3o2)C1. The van der Waals surface area contributed by atoms with Crippen LogP contribution in [-0.2, 0) is 4.79 Å². The molecule has 0 radical (unpaired) electrons. The van der Waals surface area contributed by atoms with Gasteiger partial charge in [0.1, 0.15) is 11.6 Å². The Bertz CT molecular complexity index is 914. The Labute approximate surface area is 156 Å². The average molecular weight is 367 g/mol. The molecule has 1 fully saturated rings. The molecule has 0 aliphatic carbocycles. The number of para-hydroxylation sites is 2. The van der Waals surface area contributed by atoms with Gasteiger partial charge in [-0.3, -0.25) is 9.59 Å². The number of nitrogens with zero attached hydrogens (tertiary/aromatic N) is 2. The molecule has 1 N–H and O–H groups in total. The summed E-state index contributed by atoms with van der Waals surface area (Å²) in [6, 6.07) is 10.2. The minimum absolute atomic E-state index is 0.0584. The molecule has 1 aromatic carbocycles. The van der Waals surface area contributed by atoms with Crippen LogP contribution < -0.4 is 5.32 Å². The summed E-state index contributed by atoms with van der Waals surface area (Å²) in [7, 11) is 0. The molecule has 7 heteroatoms. The molecular weight excluding hydrogens is 346 g/mol. The topological polar surface area (TPSA) is 88.6 Å². The number of fused-ring (bicyclic) bond motifs is 1. The van der Waals surface area contributed by atoms with Gasteiger partial charge in [-0.05, 0) is 44.0 Å². The molecule has 3 aromatic rings. The molecule has 4 rings (SSSR count). The highest BCUT2D eigenvalue weighted by molar-refractivity contribution is 5.95. The Morgan fingerprint density at radius 1 is 1.26 bits per heavy atom. The molecule has 2 atom stereocenters. The van der Waals surface area contributed by atoms with Gasteiger partial charge in [-0.1, -0.05) is 12.1 Å². The third-order valence-electron chi connectivity index (χ3n) is 4.86. The van der Waals surface area contributed by atoms with E-state index in [-0.39, 0.29) is 17.6 Å². The summed E-state index contributed by atoms with van der Waals surface area (Å²) in [5, 5.41) is 2.69. The van der Waals surface area contributed by atoms with Crippen LogP contribution in [0.15, 0.2) is 51.5 Å². The molecule has 1 aliphatic heterocycles. The zero-order valence-electron chi connectivity index (χ0n) is 15.1. The van der Waals surface area contributed by atoms with Crippen LogP contribution in [0.4, 0.5) is 0 Å². The molecule has 140 valence electrons. The maximum Gasteiger partial charge on any atom is 0.287 e. The number of amides is 2. The van der Waals surface area contributed by atoms with Gasteiger partial charge in [-0.15, -0.1) is 0 Å². The largest absolute Gasteiger partial charge is 0.459 e. The van der Waals surface area contributed by atoms with Gasteiger partial charge >= 0.3 is 0 Å². The zero-order valence-corrected chi connectivity index (χ0v) is 15.1. The van der Waals surface area contributed by atoms with Crippen molar-refractivity contribution in [2.75, 3.05) is 13.1 Å². The van der Waals surface area contributed by atoms with Crippen LogP contribution in [0.3, 0.4) is 0 Å². The molecular formula is C20H21N3O4. The number of furan rings is 1. The van der Waals surface area contributed by atoms with Crippen LogP contribution in [0.25, 0.3) is 11.1 Å². The fourth-order valence-corrected chi connectivity index (χ4v) is 3.45. The number of carbonyl (C=O) groups excluding carboxylic acids is 2. The van der Waals surface area contributed by atoms with E-state index in [1.54, 1.807) is 24.0 Å². The Morgan fingerprint density at radius 2 is 2.11 bits per heavy atom. The fourth-order valence-electron chi connectivity index (χ4n) is 3.45. The van der Waals surface area contributed by atoms with Crippen molar-refractivity contribution in [3.05, 3.63) is 54.3 Å². The van der Waals surface area contributed by atoms with Crippen LogP contribution in [0.2, 0.25) is 0 Å². The number of aromatic nitrogens is 1. The number of piperidine rings is 1. The molecule has 0 saturated carbocycles. The van der Waals surface area contributed by atoms with Gasteiger partial charge in [0.15, 0.2) is 17.2 Å². The van der Waals surface area contributed by atoms with Crippen molar-refractivity contribution in [3.63, 3.8) is 0 Å². The predicted octanol–water partition coefficient (Wildman–Crippen LogP) is 2.95. The van der Waals surface area contributed by atoms with E-state index in [4.69, 9.17) is 8.83 Å². The average Bonchev–Trinajstić information content (AvgIpc) is 3.37. The number of benzene rings is 1. The van der Waals surface area contributed by atoms with Gasteiger partial charge < -0.3 is 19.1 Å². The van der Waals surface area contributed by atoms with Gasteiger partial charge in [-0.25, -0.2) is 4.98 Å². The summed E-state index contributed by atoms with van der Waals surface area (Å²) >= 11 is 0. The maximum absolute atomic E-state index is 12.8. The highest BCUT2D eigenvalue weighted by atomic mass is 16.3. The number of hydrogen-bond donors (Lipinski definition) is 1. The van der Waals surface area contributed by atoms with E-state index in [0.717, 1.165) is 23.9 Å². The van der Waals surface area contributed by atoms with E-state index in [9.17, 15) is 9.59 Å². The second kappa shape index (κ2) is 7.26. The van der Waals surface area contributed by atoms with Gasteiger partial charge in [0.05, 0.1) is 12.2 Å². The van der Waals surface area contributed by atoms with Crippen molar-refractivity contribution in [3.8, 4) is 0 Å². The third kappa shape index (κ3) is 3.58. The van der Waals surface area contributed by atoms with Crippen LogP contribution in [0, 0.1) is 0 Å². The van der Waals surface area contributed by atoms with Crippen molar-refractivity contribution in [1.82, 2.24) is 15.2 Å². The van der Waals surface area contributed by atoms with Gasteiger partial charge in [-0.2, -0.15) is 0 Å². The lowest BCUT2D eigenvalue weighted by Crippen LogP contribution is -2.49. The van der Waals surface area contributed by atoms with Crippen molar-refractivity contribution in [2.45, 2.75) is 31.7 Å². The van der Waals surface area contributed by atoms with E-state index in [2.05, 4.69) is 10.3 Å². The normalized spacial score (nSPS) is 18.4. The number of carbonyl (C=O) groups is 2. The summed E-state index contributed by atoms with van der Waals surface area (Å²) in [5.41, 5.74) is 1.59. The summed E-state index contributed by atoms with van der Waals surface area (Å²) in [6.07, 6.45) is 3.22. The summed E-state index contributed by atoms with van der Waals surface area (Å²) in [5.74, 6) is 0.408. The third-order valence-corrected chi connectivity index (χ3v) is 4.86. The molecule has 0 spiro atoms. The van der Waals surface area contributed by atoms with E-state index in [1.807, 2.05) is 24.3 Å². The first-order valence-electron chi connectivity index (χ1n) is 9.10. The molecule has 2 aromatic heterocycles. The molecule has 0 unspecified atom stereocenters. The fraction of sp³-hybridized carbons (Fsp3) is 0.350. The highest BCUT2D eigenvalue weighted by Gasteiger charge is 2.31. The van der Waals surface area contributed by atoms with Gasteiger partial charge in [0.2, 0.25) is 5.91 Å². The monoisotopic (exact) mass is 367 g/mol. The van der Waals surface area contributed by atoms with Crippen LogP contribution >= 0.6 is 0 Å². The lowest BCUT2D eigenvalue weighted by Gasteiger charge is -2.33. The number of hydrogen-bond acceptors (Lipinski definition) is 5. The minimum Gasteiger partial charge on any atom is -0.459 e. The van der Waals surface area contributed by atoms with Crippen LogP contribution in [0.1, 0.15) is 42.1 Å². The first-order valence-corrected chi connectivity index (χ1v) is 9.10. The number of oxazole rings is 1. The standard InChI is InChI=1S/C20H21N3O4/c1-13(21-18(24)17-9-5-11-26-17)20(25)23-10-4-6-14(12-23)19-22-15-7-2-3-8-16(15)27-19/h2-3,5,7-9,11,13-14H,4,6,10,12H2,1H3,(H,21,24)/t13-,14+/m0/s1. The quantitative estimate of drug-likeness (QED) is 0.766. The molecule has 1 aliphatic rings. The number of nitrogens with one attached hydrogen (secondary N) is 1. The minimum atomic E-state index is -0.634. The Kier molecular flexibility index (Phi) is 4.66. The summed E-state index contributed by atoms with van der Waals surface area (Å²) < 4.78 is 10.9. The van der Waals surface area contributed by atoms with Gasteiger partial charge in [0.25, 0.3) is 5.91 Å². The highest BCUT2D eigenvalue weighted by Crippen LogP contribution is 2.29.